The predicted octanol–water partition coefficient (Wildman–Crippen LogP) is 5.23. The first kappa shape index (κ1) is 21.8. The largest absolute Gasteiger partial charge is 0.464 e. The van der Waals surface area contributed by atoms with Crippen LogP contribution in [0.15, 0.2) is 59.6 Å². The second kappa shape index (κ2) is 7.94. The van der Waals surface area contributed by atoms with Crippen molar-refractivity contribution in [3.63, 3.8) is 0 Å². The maximum atomic E-state index is 14.7. The molecule has 8 heteroatoms. The number of nitrogens with zero attached hydrogens (tertiary/aromatic N) is 1. The Morgan fingerprint density at radius 3 is 2.41 bits per heavy atom. The average Bonchev–Trinajstić information content (AvgIpc) is 3.38. The van der Waals surface area contributed by atoms with Crippen LogP contribution in [0.1, 0.15) is 41.4 Å². The lowest BCUT2D eigenvalue weighted by Crippen LogP contribution is -2.11. The van der Waals surface area contributed by atoms with E-state index in [-0.39, 0.29) is 22.0 Å². The minimum absolute atomic E-state index is 0.0244. The van der Waals surface area contributed by atoms with Gasteiger partial charge in [0.25, 0.3) is 10.0 Å². The van der Waals surface area contributed by atoms with Gasteiger partial charge in [-0.15, -0.1) is 0 Å². The number of benzene rings is 2. The number of aromatic amines is 1. The van der Waals surface area contributed by atoms with Gasteiger partial charge >= 0.3 is 5.97 Å². The third kappa shape index (κ3) is 3.60. The number of hydrogen-bond acceptors (Lipinski definition) is 4. The Morgan fingerprint density at radius 2 is 1.78 bits per heavy atom. The van der Waals surface area contributed by atoms with E-state index in [0.29, 0.717) is 16.6 Å². The second-order valence-electron chi connectivity index (χ2n) is 7.98. The van der Waals surface area contributed by atoms with Gasteiger partial charge < -0.3 is 9.72 Å². The smallest absolute Gasteiger partial charge is 0.354 e. The first-order chi connectivity index (χ1) is 15.1. The predicted molar refractivity (Wildman–Crippen MR) is 121 cm³/mol. The van der Waals surface area contributed by atoms with Crippen LogP contribution in [-0.4, -0.2) is 30.5 Å². The molecule has 0 amide bonds. The molecule has 0 saturated heterocycles. The molecule has 32 heavy (non-hydrogen) atoms. The van der Waals surface area contributed by atoms with Crippen molar-refractivity contribution in [2.45, 2.75) is 31.6 Å². The molecule has 0 saturated carbocycles. The molecule has 2 aromatic carbocycles. The van der Waals surface area contributed by atoms with Crippen LogP contribution in [0.5, 0.6) is 0 Å². The number of methoxy groups -OCH3 is 1. The Hall–Kier alpha value is -3.39. The van der Waals surface area contributed by atoms with Crippen LogP contribution < -0.4 is 0 Å². The number of rotatable bonds is 5. The molecule has 2 aromatic heterocycles. The standard InChI is InChI=1S/C24H23FN2O4S/c1-14(2)19-13-21(24(28)31-4)26-23(19)20-11-16(25)12-22-18(20)9-10-27(22)32(29,30)17-7-5-15(3)6-8-17/h5-14,26H,1-4H3. The molecular formula is C24H23FN2O4S. The zero-order valence-electron chi connectivity index (χ0n) is 18.1. The van der Waals surface area contributed by atoms with Crippen molar-refractivity contribution in [2.75, 3.05) is 7.11 Å². The number of nitrogens with one attached hydrogen (secondary N) is 1. The normalized spacial score (nSPS) is 11.9. The molecule has 0 fully saturated rings. The number of ether oxygens (including phenoxy) is 1. The van der Waals surface area contributed by atoms with E-state index in [9.17, 15) is 17.6 Å². The Kier molecular flexibility index (Phi) is 5.42. The number of halogens is 1. The van der Waals surface area contributed by atoms with Gasteiger partial charge in [-0.3, -0.25) is 0 Å². The quantitative estimate of drug-likeness (QED) is 0.419. The molecule has 2 heterocycles. The summed E-state index contributed by atoms with van der Waals surface area (Å²) < 4.78 is 47.1. The molecule has 4 aromatic rings. The van der Waals surface area contributed by atoms with Gasteiger partial charge in [0.05, 0.1) is 23.2 Å². The highest BCUT2D eigenvalue weighted by Gasteiger charge is 2.24. The van der Waals surface area contributed by atoms with E-state index in [4.69, 9.17) is 4.74 Å². The van der Waals surface area contributed by atoms with Crippen LogP contribution in [0, 0.1) is 12.7 Å². The lowest BCUT2D eigenvalue weighted by atomic mass is 9.97. The second-order valence-corrected chi connectivity index (χ2v) is 9.79. The molecule has 0 spiro atoms. The summed E-state index contributed by atoms with van der Waals surface area (Å²) in [6, 6.07) is 12.3. The summed E-state index contributed by atoms with van der Waals surface area (Å²) in [4.78, 5) is 15.2. The molecule has 0 atom stereocenters. The summed E-state index contributed by atoms with van der Waals surface area (Å²) in [5.41, 5.74) is 3.21. The Balaban J connectivity index is 1.96. The number of aryl methyl sites for hydroxylation is 1. The molecule has 4 rings (SSSR count). The van der Waals surface area contributed by atoms with E-state index in [2.05, 4.69) is 4.98 Å². The van der Waals surface area contributed by atoms with Gasteiger partial charge in [-0.05, 0) is 54.8 Å². The van der Waals surface area contributed by atoms with Gasteiger partial charge in [0, 0.05) is 17.1 Å². The highest BCUT2D eigenvalue weighted by atomic mass is 32.2. The number of fused-ring (bicyclic) bond motifs is 1. The van der Waals surface area contributed by atoms with Crippen molar-refractivity contribution >= 4 is 26.9 Å². The Labute approximate surface area is 185 Å². The van der Waals surface area contributed by atoms with Crippen molar-refractivity contribution in [1.82, 2.24) is 8.96 Å². The fourth-order valence-electron chi connectivity index (χ4n) is 3.79. The number of H-pyrrole nitrogens is 1. The van der Waals surface area contributed by atoms with Crippen LogP contribution >= 0.6 is 0 Å². The zero-order chi connectivity index (χ0) is 23.2. The lowest BCUT2D eigenvalue weighted by Gasteiger charge is -2.11. The number of hydrogen-bond donors (Lipinski definition) is 1. The fourth-order valence-corrected chi connectivity index (χ4v) is 5.13. The maximum Gasteiger partial charge on any atom is 0.354 e. The van der Waals surface area contributed by atoms with Gasteiger partial charge in [0.2, 0.25) is 0 Å². The molecule has 0 radical (unpaired) electrons. The fraction of sp³-hybridized carbons (Fsp3) is 0.208. The zero-order valence-corrected chi connectivity index (χ0v) is 19.0. The van der Waals surface area contributed by atoms with Crippen LogP contribution in [0.2, 0.25) is 0 Å². The third-order valence-corrected chi connectivity index (χ3v) is 7.16. The Morgan fingerprint density at radius 1 is 1.09 bits per heavy atom. The average molecular weight is 455 g/mol. The summed E-state index contributed by atoms with van der Waals surface area (Å²) in [5.74, 6) is -1.10. The first-order valence-electron chi connectivity index (χ1n) is 10.1. The molecule has 1 N–H and O–H groups in total. The van der Waals surface area contributed by atoms with Crippen molar-refractivity contribution in [2.24, 2.45) is 0 Å². The van der Waals surface area contributed by atoms with Crippen molar-refractivity contribution in [3.05, 3.63) is 77.4 Å². The SMILES string of the molecule is COC(=O)c1cc(C(C)C)c(-c2cc(F)cc3c2ccn3S(=O)(=O)c2ccc(C)cc2)[nH]1. The van der Waals surface area contributed by atoms with Crippen LogP contribution in [0.25, 0.3) is 22.2 Å². The van der Waals surface area contributed by atoms with E-state index in [0.717, 1.165) is 15.1 Å². The van der Waals surface area contributed by atoms with Crippen LogP contribution in [-0.2, 0) is 14.8 Å². The van der Waals surface area contributed by atoms with Crippen LogP contribution in [0.4, 0.5) is 4.39 Å². The summed E-state index contributed by atoms with van der Waals surface area (Å²) in [7, 11) is -2.64. The van der Waals surface area contributed by atoms with E-state index in [1.165, 1.54) is 37.6 Å². The molecule has 166 valence electrons. The van der Waals surface area contributed by atoms with Gasteiger partial charge in [-0.2, -0.15) is 0 Å². The molecule has 0 aliphatic carbocycles. The first-order valence-corrected chi connectivity index (χ1v) is 11.5. The summed E-state index contributed by atoms with van der Waals surface area (Å²) in [6.07, 6.45) is 1.42. The number of aromatic nitrogens is 2. The minimum Gasteiger partial charge on any atom is -0.464 e. The highest BCUT2D eigenvalue weighted by Crippen LogP contribution is 2.36. The lowest BCUT2D eigenvalue weighted by molar-refractivity contribution is 0.0595. The molecular weight excluding hydrogens is 431 g/mol. The van der Waals surface area contributed by atoms with E-state index in [1.807, 2.05) is 20.8 Å². The van der Waals surface area contributed by atoms with Crippen molar-refractivity contribution < 1.29 is 22.3 Å². The monoisotopic (exact) mass is 454 g/mol. The van der Waals surface area contributed by atoms with Gasteiger partial charge in [-0.25, -0.2) is 21.6 Å². The molecule has 0 aliphatic rings. The minimum atomic E-state index is -3.93. The maximum absolute atomic E-state index is 14.7. The molecule has 6 nitrogen and oxygen atoms in total. The van der Waals surface area contributed by atoms with Gasteiger partial charge in [0.1, 0.15) is 11.5 Å². The number of carbonyl (C=O) groups is 1. The molecule has 0 unspecified atom stereocenters. The summed E-state index contributed by atoms with van der Waals surface area (Å²) in [5, 5.41) is 0.544. The van der Waals surface area contributed by atoms with E-state index < -0.39 is 21.8 Å². The molecule has 0 bridgehead atoms. The topological polar surface area (TPSA) is 81.2 Å². The van der Waals surface area contributed by atoms with Crippen molar-refractivity contribution in [1.29, 1.82) is 0 Å². The summed E-state index contributed by atoms with van der Waals surface area (Å²) >= 11 is 0. The third-order valence-electron chi connectivity index (χ3n) is 5.46. The number of carbonyl (C=O) groups excluding carboxylic acids is 1. The van der Waals surface area contributed by atoms with Crippen molar-refractivity contribution in [3.8, 4) is 11.3 Å². The Bertz CT molecular complexity index is 1430. The number of esters is 1. The summed E-state index contributed by atoms with van der Waals surface area (Å²) in [6.45, 7) is 5.78. The van der Waals surface area contributed by atoms with E-state index in [1.54, 1.807) is 24.3 Å². The highest BCUT2D eigenvalue weighted by molar-refractivity contribution is 7.90. The van der Waals surface area contributed by atoms with Crippen LogP contribution in [0.3, 0.4) is 0 Å². The molecule has 0 aliphatic heterocycles. The van der Waals surface area contributed by atoms with Gasteiger partial charge in [0.15, 0.2) is 0 Å². The van der Waals surface area contributed by atoms with Gasteiger partial charge in [-0.1, -0.05) is 31.5 Å². The van der Waals surface area contributed by atoms with E-state index >= 15 is 0 Å².